The van der Waals surface area contributed by atoms with Gasteiger partial charge >= 0.3 is 0 Å². The molecule has 2 heterocycles. The van der Waals surface area contributed by atoms with Crippen LogP contribution >= 0.6 is 12.4 Å². The van der Waals surface area contributed by atoms with Crippen molar-refractivity contribution in [3.63, 3.8) is 0 Å². The van der Waals surface area contributed by atoms with Crippen LogP contribution in [-0.2, 0) is 0 Å². The third-order valence-electron chi connectivity index (χ3n) is 4.18. The second kappa shape index (κ2) is 7.77. The normalized spacial score (nSPS) is 14.2. The summed E-state index contributed by atoms with van der Waals surface area (Å²) in [6.45, 7) is 8.75. The molecule has 0 spiro atoms. The molecule has 2 N–H and O–H groups in total. The molecule has 1 amide bonds. The minimum absolute atomic E-state index is 0. The van der Waals surface area contributed by atoms with Crippen LogP contribution in [0.2, 0.25) is 0 Å². The van der Waals surface area contributed by atoms with Crippen molar-refractivity contribution in [1.29, 1.82) is 0 Å². The van der Waals surface area contributed by atoms with Crippen LogP contribution in [0.1, 0.15) is 41.8 Å². The molecule has 0 unspecified atom stereocenters. The number of benzene rings is 1. The van der Waals surface area contributed by atoms with Crippen molar-refractivity contribution in [2.24, 2.45) is 5.92 Å². The number of rotatable bonds is 5. The Kier molecular flexibility index (Phi) is 5.96. The van der Waals surface area contributed by atoms with E-state index < -0.39 is 0 Å². The summed E-state index contributed by atoms with van der Waals surface area (Å²) in [5.41, 5.74) is 2.17. The predicted molar refractivity (Wildman–Crippen MR) is 96.1 cm³/mol. The number of para-hydroxylation sites is 1. The summed E-state index contributed by atoms with van der Waals surface area (Å²) >= 11 is 0. The number of nitrogens with one attached hydrogen (secondary N) is 2. The van der Waals surface area contributed by atoms with Crippen molar-refractivity contribution in [2.45, 2.75) is 26.7 Å². The summed E-state index contributed by atoms with van der Waals surface area (Å²) in [5.74, 6) is 1.63. The average Bonchev–Trinajstić information content (AvgIpc) is 2.87. The van der Waals surface area contributed by atoms with Gasteiger partial charge in [-0.25, -0.2) is 9.67 Å². The standard InChI is InChI=1S/C17H23N5O.ClH/c1-11(2)14-6-4-5-7-15(14)22-12(3)20-16(21-22)17(23)19-10-13-8-18-9-13;/h4-7,11,13,18H,8-10H2,1-3H3,(H,19,23);1H. The molecule has 1 aromatic carbocycles. The monoisotopic (exact) mass is 349 g/mol. The number of halogens is 1. The molecule has 0 atom stereocenters. The highest BCUT2D eigenvalue weighted by molar-refractivity contribution is 5.90. The average molecular weight is 350 g/mol. The van der Waals surface area contributed by atoms with Crippen molar-refractivity contribution >= 4 is 18.3 Å². The van der Waals surface area contributed by atoms with Crippen molar-refractivity contribution in [3.8, 4) is 5.69 Å². The molecule has 24 heavy (non-hydrogen) atoms. The highest BCUT2D eigenvalue weighted by Crippen LogP contribution is 2.23. The SMILES string of the molecule is Cc1nc(C(=O)NCC2CNC2)nn1-c1ccccc1C(C)C.Cl. The van der Waals surface area contributed by atoms with E-state index in [1.54, 1.807) is 4.68 Å². The van der Waals surface area contributed by atoms with E-state index in [9.17, 15) is 4.79 Å². The maximum Gasteiger partial charge on any atom is 0.290 e. The molecule has 1 aromatic heterocycles. The van der Waals surface area contributed by atoms with Gasteiger partial charge in [-0.2, -0.15) is 0 Å². The van der Waals surface area contributed by atoms with E-state index in [1.807, 2.05) is 25.1 Å². The van der Waals surface area contributed by atoms with Gasteiger partial charge in [-0.05, 0) is 24.5 Å². The summed E-state index contributed by atoms with van der Waals surface area (Å²) < 4.78 is 1.76. The van der Waals surface area contributed by atoms with Crippen LogP contribution in [0, 0.1) is 12.8 Å². The number of carbonyl (C=O) groups is 1. The van der Waals surface area contributed by atoms with Crippen LogP contribution < -0.4 is 10.6 Å². The molecule has 7 heteroatoms. The number of amides is 1. The fourth-order valence-corrected chi connectivity index (χ4v) is 2.69. The lowest BCUT2D eigenvalue weighted by atomic mass is 10.0. The highest BCUT2D eigenvalue weighted by atomic mass is 35.5. The summed E-state index contributed by atoms with van der Waals surface area (Å²) in [6, 6.07) is 8.10. The van der Waals surface area contributed by atoms with Gasteiger partial charge in [0.1, 0.15) is 5.82 Å². The Balaban J connectivity index is 0.00000208. The first kappa shape index (κ1) is 18.4. The Hall–Kier alpha value is -1.92. The van der Waals surface area contributed by atoms with Gasteiger partial charge in [0.2, 0.25) is 5.82 Å². The molecule has 130 valence electrons. The van der Waals surface area contributed by atoms with Crippen LogP contribution in [-0.4, -0.2) is 40.3 Å². The second-order valence-corrected chi connectivity index (χ2v) is 6.34. The summed E-state index contributed by atoms with van der Waals surface area (Å²) in [4.78, 5) is 16.6. The number of hydrogen-bond donors (Lipinski definition) is 2. The van der Waals surface area contributed by atoms with Crippen LogP contribution in [0.3, 0.4) is 0 Å². The smallest absolute Gasteiger partial charge is 0.290 e. The Morgan fingerprint density at radius 2 is 2.08 bits per heavy atom. The molecule has 1 fully saturated rings. The van der Waals surface area contributed by atoms with Crippen LogP contribution in [0.4, 0.5) is 0 Å². The van der Waals surface area contributed by atoms with E-state index in [2.05, 4.69) is 40.6 Å². The summed E-state index contributed by atoms with van der Waals surface area (Å²) in [7, 11) is 0. The fourth-order valence-electron chi connectivity index (χ4n) is 2.69. The number of carbonyl (C=O) groups excluding carboxylic acids is 1. The first-order valence-electron chi connectivity index (χ1n) is 8.08. The number of hydrogen-bond acceptors (Lipinski definition) is 4. The van der Waals surface area contributed by atoms with Gasteiger partial charge in [0.05, 0.1) is 5.69 Å². The van der Waals surface area contributed by atoms with E-state index in [4.69, 9.17) is 0 Å². The molecule has 0 aliphatic carbocycles. The number of aryl methyl sites for hydroxylation is 1. The minimum atomic E-state index is -0.208. The molecular formula is C17H24ClN5O. The molecule has 1 aliphatic rings. The maximum absolute atomic E-state index is 12.2. The molecule has 0 bridgehead atoms. The Bertz CT molecular complexity index is 709. The van der Waals surface area contributed by atoms with Gasteiger partial charge < -0.3 is 10.6 Å². The quantitative estimate of drug-likeness (QED) is 0.866. The maximum atomic E-state index is 12.2. The van der Waals surface area contributed by atoms with Crippen LogP contribution in [0.15, 0.2) is 24.3 Å². The second-order valence-electron chi connectivity index (χ2n) is 6.34. The van der Waals surface area contributed by atoms with E-state index in [0.717, 1.165) is 18.8 Å². The van der Waals surface area contributed by atoms with E-state index in [1.165, 1.54) is 5.56 Å². The van der Waals surface area contributed by atoms with Crippen molar-refractivity contribution in [2.75, 3.05) is 19.6 Å². The molecule has 1 saturated heterocycles. The zero-order valence-corrected chi connectivity index (χ0v) is 15.1. The lowest BCUT2D eigenvalue weighted by molar-refractivity contribution is 0.0932. The molecule has 0 saturated carbocycles. The Morgan fingerprint density at radius 1 is 1.38 bits per heavy atom. The molecule has 2 aromatic rings. The van der Waals surface area contributed by atoms with Crippen LogP contribution in [0.5, 0.6) is 0 Å². The van der Waals surface area contributed by atoms with Crippen molar-refractivity contribution in [1.82, 2.24) is 25.4 Å². The lowest BCUT2D eigenvalue weighted by Gasteiger charge is -2.26. The highest BCUT2D eigenvalue weighted by Gasteiger charge is 2.21. The molecule has 0 radical (unpaired) electrons. The topological polar surface area (TPSA) is 71.8 Å². The first-order valence-corrected chi connectivity index (χ1v) is 8.08. The van der Waals surface area contributed by atoms with E-state index >= 15 is 0 Å². The van der Waals surface area contributed by atoms with Gasteiger partial charge in [0, 0.05) is 25.6 Å². The Labute approximate surface area is 148 Å². The first-order chi connectivity index (χ1) is 11.1. The minimum Gasteiger partial charge on any atom is -0.349 e. The van der Waals surface area contributed by atoms with Crippen molar-refractivity contribution < 1.29 is 4.79 Å². The molecular weight excluding hydrogens is 326 g/mol. The zero-order valence-electron chi connectivity index (χ0n) is 14.2. The van der Waals surface area contributed by atoms with Crippen LogP contribution in [0.25, 0.3) is 5.69 Å². The van der Waals surface area contributed by atoms with Gasteiger partial charge in [-0.15, -0.1) is 17.5 Å². The van der Waals surface area contributed by atoms with Gasteiger partial charge in [-0.3, -0.25) is 4.79 Å². The third kappa shape index (κ3) is 3.76. The van der Waals surface area contributed by atoms with Gasteiger partial charge in [-0.1, -0.05) is 32.0 Å². The molecule has 1 aliphatic heterocycles. The number of nitrogens with zero attached hydrogens (tertiary/aromatic N) is 3. The van der Waals surface area contributed by atoms with E-state index in [-0.39, 0.29) is 24.1 Å². The van der Waals surface area contributed by atoms with Gasteiger partial charge in [0.15, 0.2) is 0 Å². The van der Waals surface area contributed by atoms with Crippen molar-refractivity contribution in [3.05, 3.63) is 41.5 Å². The van der Waals surface area contributed by atoms with Gasteiger partial charge in [0.25, 0.3) is 5.91 Å². The third-order valence-corrected chi connectivity index (χ3v) is 4.18. The predicted octanol–water partition coefficient (Wildman–Crippen LogP) is 2.07. The summed E-state index contributed by atoms with van der Waals surface area (Å²) in [5, 5.41) is 10.5. The molecule has 3 rings (SSSR count). The molecule has 6 nitrogen and oxygen atoms in total. The Morgan fingerprint density at radius 3 is 2.71 bits per heavy atom. The zero-order chi connectivity index (χ0) is 16.4. The largest absolute Gasteiger partial charge is 0.349 e. The van der Waals surface area contributed by atoms with E-state index in [0.29, 0.717) is 24.2 Å². The lowest BCUT2D eigenvalue weighted by Crippen LogP contribution is -2.48. The summed E-state index contributed by atoms with van der Waals surface area (Å²) in [6.07, 6.45) is 0. The fraction of sp³-hybridized carbons (Fsp3) is 0.471. The number of aromatic nitrogens is 3.